The molecule has 0 amide bonds. The molecule has 4 aliphatic rings. The monoisotopic (exact) mass is 665 g/mol. The lowest BCUT2D eigenvalue weighted by molar-refractivity contribution is -0.308. The fourth-order valence-electron chi connectivity index (χ4n) is 6.00. The second kappa shape index (κ2) is 16.6. The van der Waals surface area contributed by atoms with Crippen molar-refractivity contribution in [1.29, 1.82) is 0 Å². The summed E-state index contributed by atoms with van der Waals surface area (Å²) in [6.07, 6.45) is 5.25. The molecule has 8 N–H and O–H groups in total. The summed E-state index contributed by atoms with van der Waals surface area (Å²) in [4.78, 5) is 24.4. The predicted octanol–water partition coefficient (Wildman–Crippen LogP) is 0.120. The summed E-state index contributed by atoms with van der Waals surface area (Å²) < 4.78 is 28.5. The molecule has 0 aliphatic carbocycles. The molecule has 0 radical (unpaired) electrons. The van der Waals surface area contributed by atoms with E-state index in [0.717, 1.165) is 0 Å². The van der Waals surface area contributed by atoms with Gasteiger partial charge in [0.05, 0.1) is 48.8 Å². The minimum absolute atomic E-state index is 0.0789. The highest BCUT2D eigenvalue weighted by Gasteiger charge is 2.51. The van der Waals surface area contributed by atoms with Gasteiger partial charge in [-0.25, -0.2) is 4.79 Å². The molecule has 262 valence electrons. The van der Waals surface area contributed by atoms with Gasteiger partial charge in [-0.1, -0.05) is 48.6 Å². The normalized spacial score (nSPS) is 47.2. The van der Waals surface area contributed by atoms with Gasteiger partial charge in [-0.3, -0.25) is 4.79 Å². The third-order valence-electron chi connectivity index (χ3n) is 8.58. The highest BCUT2D eigenvalue weighted by atomic mass is 16.7. The van der Waals surface area contributed by atoms with Crippen molar-refractivity contribution in [3.63, 3.8) is 0 Å². The van der Waals surface area contributed by atoms with Gasteiger partial charge >= 0.3 is 11.9 Å². The van der Waals surface area contributed by atoms with E-state index >= 15 is 0 Å². The number of hydrogen-bond donors (Lipinski definition) is 7. The van der Waals surface area contributed by atoms with E-state index in [0.29, 0.717) is 6.42 Å². The fourth-order valence-corrected chi connectivity index (χ4v) is 6.00. The Bertz CT molecular complexity index is 1220. The van der Waals surface area contributed by atoms with E-state index in [4.69, 9.17) is 29.4 Å². The van der Waals surface area contributed by atoms with Crippen LogP contribution >= 0.6 is 0 Å². The Morgan fingerprint density at radius 3 is 2.36 bits per heavy atom. The number of aliphatic carboxylic acids is 1. The number of nitrogens with two attached hydrogens (primary N) is 1. The quantitative estimate of drug-likeness (QED) is 0.157. The molecule has 0 aromatic carbocycles. The number of allylic oxidation sites excluding steroid dienone is 6. The van der Waals surface area contributed by atoms with Crippen LogP contribution in [-0.4, -0.2) is 122 Å². The van der Waals surface area contributed by atoms with Crippen molar-refractivity contribution < 1.29 is 63.9 Å². The van der Waals surface area contributed by atoms with Gasteiger partial charge in [-0.05, 0) is 19.9 Å². The van der Waals surface area contributed by atoms with Crippen LogP contribution in [0.2, 0.25) is 0 Å². The van der Waals surface area contributed by atoms with Crippen molar-refractivity contribution in [2.45, 2.75) is 125 Å². The van der Waals surface area contributed by atoms with E-state index in [-0.39, 0.29) is 25.4 Å². The number of carbonyl (C=O) groups is 2. The molecular formula is C33H47NO13. The first kappa shape index (κ1) is 37.1. The molecule has 3 saturated heterocycles. The zero-order chi connectivity index (χ0) is 34.3. The molecule has 14 heteroatoms. The van der Waals surface area contributed by atoms with Crippen LogP contribution in [0, 0.1) is 5.92 Å². The van der Waals surface area contributed by atoms with Crippen LogP contribution in [0.15, 0.2) is 60.8 Å². The summed E-state index contributed by atoms with van der Waals surface area (Å²) in [6, 6.07) is -1.08. The van der Waals surface area contributed by atoms with Gasteiger partial charge in [0.1, 0.15) is 24.2 Å². The van der Waals surface area contributed by atoms with Gasteiger partial charge in [-0.2, -0.15) is 0 Å². The van der Waals surface area contributed by atoms with Gasteiger partial charge in [0.2, 0.25) is 0 Å². The lowest BCUT2D eigenvalue weighted by atomic mass is 9.83. The van der Waals surface area contributed by atoms with Crippen molar-refractivity contribution >= 4 is 11.9 Å². The lowest BCUT2D eigenvalue weighted by Gasteiger charge is -2.45. The van der Waals surface area contributed by atoms with E-state index in [2.05, 4.69) is 0 Å². The average Bonchev–Trinajstić information content (AvgIpc) is 3.72. The highest BCUT2D eigenvalue weighted by molar-refractivity contribution is 5.82. The Labute approximate surface area is 273 Å². The summed E-state index contributed by atoms with van der Waals surface area (Å²) in [6.45, 7) is 3.34. The van der Waals surface area contributed by atoms with Gasteiger partial charge in [0.25, 0.3) is 0 Å². The van der Waals surface area contributed by atoms with E-state index in [1.165, 1.54) is 12.2 Å². The summed E-state index contributed by atoms with van der Waals surface area (Å²) >= 11 is 0. The second-order valence-electron chi connectivity index (χ2n) is 12.6. The smallest absolute Gasteiger partial charge is 0.330 e. The largest absolute Gasteiger partial charge is 0.481 e. The van der Waals surface area contributed by atoms with Gasteiger partial charge in [-0.15, -0.1) is 0 Å². The maximum Gasteiger partial charge on any atom is 0.330 e. The maximum absolute atomic E-state index is 12.3. The average molecular weight is 666 g/mol. The van der Waals surface area contributed by atoms with Crippen LogP contribution in [0.5, 0.6) is 0 Å². The van der Waals surface area contributed by atoms with Crippen molar-refractivity contribution in [3.8, 4) is 0 Å². The van der Waals surface area contributed by atoms with E-state index < -0.39 is 97.3 Å². The number of aliphatic hydroxyl groups excluding tert-OH is 4. The minimum atomic E-state index is -2.10. The summed E-state index contributed by atoms with van der Waals surface area (Å²) in [7, 11) is 0. The number of ether oxygens (including phenoxy) is 5. The van der Waals surface area contributed by atoms with E-state index in [1.807, 2.05) is 6.08 Å². The van der Waals surface area contributed by atoms with Gasteiger partial charge in [0.15, 0.2) is 12.1 Å². The van der Waals surface area contributed by atoms with Crippen molar-refractivity contribution in [3.05, 3.63) is 60.8 Å². The summed E-state index contributed by atoms with van der Waals surface area (Å²) in [5.41, 5.74) is 5.98. The Hall–Kier alpha value is -2.76. The second-order valence-corrected chi connectivity index (χ2v) is 12.6. The van der Waals surface area contributed by atoms with Crippen LogP contribution < -0.4 is 5.73 Å². The molecule has 14 nitrogen and oxygen atoms in total. The van der Waals surface area contributed by atoms with Crippen molar-refractivity contribution in [1.82, 2.24) is 0 Å². The first-order chi connectivity index (χ1) is 22.3. The van der Waals surface area contributed by atoms with E-state index in [1.54, 1.807) is 56.4 Å². The van der Waals surface area contributed by atoms with Gasteiger partial charge in [0, 0.05) is 38.2 Å². The van der Waals surface area contributed by atoms with Crippen LogP contribution in [0.1, 0.15) is 46.0 Å². The molecular weight excluding hydrogens is 618 g/mol. The number of aliphatic hydroxyl groups is 5. The number of carboxylic acids is 1. The third kappa shape index (κ3) is 10.6. The maximum atomic E-state index is 12.3. The van der Waals surface area contributed by atoms with Crippen LogP contribution in [0.3, 0.4) is 0 Å². The molecule has 4 aliphatic heterocycles. The molecule has 14 atom stereocenters. The van der Waals surface area contributed by atoms with Crippen LogP contribution in [0.25, 0.3) is 0 Å². The first-order valence-corrected chi connectivity index (χ1v) is 15.9. The third-order valence-corrected chi connectivity index (χ3v) is 8.58. The topological polar surface area (TPSA) is 231 Å². The number of carboxylic acid groups (broad SMARTS) is 1. The number of fused-ring (bicyclic) bond motifs is 3. The van der Waals surface area contributed by atoms with Gasteiger partial charge < -0.3 is 60.1 Å². The molecule has 0 aromatic rings. The molecule has 4 heterocycles. The molecule has 2 bridgehead atoms. The SMILES string of the molecule is C[C@@H]1C/C=C/C=C/C=C/C=C/[C@@H](O[C@@H]2O[C@H](C)[C@@H](O)[C@H](N)[C@@H]2O)C[C@@H]2O[C@](O)(C[C@@H](O)C[C@H]3O[C@@H]3/C=C/C(=O)O1)C[C@H](O)[C@H]2C(=O)O. The Morgan fingerprint density at radius 2 is 1.64 bits per heavy atom. The Kier molecular flexibility index (Phi) is 13.1. The Morgan fingerprint density at radius 1 is 0.936 bits per heavy atom. The number of hydrogen-bond acceptors (Lipinski definition) is 13. The zero-order valence-corrected chi connectivity index (χ0v) is 26.4. The standard InChI is InChI=1S/C33H47NO13/c1-18-10-8-6-4-3-5-7-9-11-21(45-32-30(39)28(34)29(38)19(2)44-32)15-25-27(31(40)41)22(36)17-33(42,47-25)16-20(35)14-24-23(46-24)12-13-26(37)43-18/h3-9,11-13,18-25,27-30,32,35-36,38-39,42H,10,14-17,34H2,1-2H3,(H,40,41)/b4-3+,7-5+,8-6+,11-9+,13-12+/t18-,19-,20+,21-,22+,23-,24-,25+,27-,28+,29-,30+,32+,33-/m1/s1. The Balaban J connectivity index is 1.58. The number of cyclic esters (lactones) is 1. The van der Waals surface area contributed by atoms with Crippen LogP contribution in [-0.2, 0) is 33.3 Å². The summed E-state index contributed by atoms with van der Waals surface area (Å²) in [5.74, 6) is -5.45. The fraction of sp³-hybridized carbons (Fsp3) is 0.636. The lowest BCUT2D eigenvalue weighted by Crippen LogP contribution is -2.61. The molecule has 0 saturated carbocycles. The predicted molar refractivity (Wildman–Crippen MR) is 165 cm³/mol. The molecule has 4 rings (SSSR count). The molecule has 0 unspecified atom stereocenters. The zero-order valence-electron chi connectivity index (χ0n) is 26.4. The summed E-state index contributed by atoms with van der Waals surface area (Å²) in [5, 5.41) is 63.9. The minimum Gasteiger partial charge on any atom is -0.481 e. The molecule has 0 aromatic heterocycles. The molecule has 47 heavy (non-hydrogen) atoms. The van der Waals surface area contributed by atoms with Crippen LogP contribution in [0.4, 0.5) is 0 Å². The number of esters is 1. The molecule has 0 spiro atoms. The first-order valence-electron chi connectivity index (χ1n) is 15.9. The molecule has 3 fully saturated rings. The highest BCUT2D eigenvalue weighted by Crippen LogP contribution is 2.39. The van der Waals surface area contributed by atoms with Crippen molar-refractivity contribution in [2.24, 2.45) is 11.7 Å². The number of carbonyl (C=O) groups excluding carboxylic acids is 1. The van der Waals surface area contributed by atoms with Crippen molar-refractivity contribution in [2.75, 3.05) is 0 Å². The number of rotatable bonds is 3. The van der Waals surface area contributed by atoms with E-state index in [9.17, 15) is 40.2 Å². The number of epoxide rings is 1.